The van der Waals surface area contributed by atoms with E-state index in [1.165, 1.54) is 18.5 Å². The van der Waals surface area contributed by atoms with Crippen LogP contribution in [0.2, 0.25) is 0 Å². The van der Waals surface area contributed by atoms with Crippen LogP contribution in [0.25, 0.3) is 0 Å². The first-order chi connectivity index (χ1) is 9.24. The normalized spacial score (nSPS) is 18.6. The van der Waals surface area contributed by atoms with Gasteiger partial charge in [-0.2, -0.15) is 0 Å². The van der Waals surface area contributed by atoms with Crippen molar-refractivity contribution in [1.82, 2.24) is 15.2 Å². The average Bonchev–Trinajstić information content (AvgIpc) is 2.48. The van der Waals surface area contributed by atoms with Crippen LogP contribution >= 0.6 is 0 Å². The lowest BCUT2D eigenvalue weighted by Gasteiger charge is -2.35. The highest BCUT2D eigenvalue weighted by Crippen LogP contribution is 2.17. The molecule has 2 heterocycles. The molecule has 0 saturated carbocycles. The highest BCUT2D eigenvalue weighted by atomic mass is 15.3. The van der Waals surface area contributed by atoms with E-state index in [-0.39, 0.29) is 0 Å². The summed E-state index contributed by atoms with van der Waals surface area (Å²) in [6.07, 6.45) is 3.24. The van der Waals surface area contributed by atoms with Gasteiger partial charge in [0.2, 0.25) is 0 Å². The van der Waals surface area contributed by atoms with Crippen molar-refractivity contribution < 1.29 is 0 Å². The van der Waals surface area contributed by atoms with Gasteiger partial charge in [0.25, 0.3) is 0 Å². The van der Waals surface area contributed by atoms with Gasteiger partial charge >= 0.3 is 0 Å². The maximum Gasteiger partial charge on any atom is 0.128 e. The smallest absolute Gasteiger partial charge is 0.128 e. The van der Waals surface area contributed by atoms with E-state index in [2.05, 4.69) is 46.1 Å². The molecule has 19 heavy (non-hydrogen) atoms. The van der Waals surface area contributed by atoms with E-state index >= 15 is 0 Å². The SMILES string of the molecule is CCCN1CCN(c2ccc(C(C)NC)cn2)CC1. The van der Waals surface area contributed by atoms with Crippen LogP contribution in [0.4, 0.5) is 5.82 Å². The molecule has 4 nitrogen and oxygen atoms in total. The van der Waals surface area contributed by atoms with Gasteiger partial charge in [-0.15, -0.1) is 0 Å². The second kappa shape index (κ2) is 6.87. The van der Waals surface area contributed by atoms with E-state index in [4.69, 9.17) is 0 Å². The van der Waals surface area contributed by atoms with Crippen molar-refractivity contribution in [3.63, 3.8) is 0 Å². The van der Waals surface area contributed by atoms with Crippen LogP contribution in [0.15, 0.2) is 18.3 Å². The lowest BCUT2D eigenvalue weighted by Crippen LogP contribution is -2.46. The Hall–Kier alpha value is -1.13. The van der Waals surface area contributed by atoms with Crippen LogP contribution in [0.1, 0.15) is 31.9 Å². The molecule has 0 amide bonds. The van der Waals surface area contributed by atoms with Gasteiger partial charge in [-0.3, -0.25) is 4.90 Å². The molecule has 0 spiro atoms. The van der Waals surface area contributed by atoms with E-state index in [0.717, 1.165) is 32.0 Å². The van der Waals surface area contributed by atoms with E-state index in [0.29, 0.717) is 6.04 Å². The van der Waals surface area contributed by atoms with Gasteiger partial charge in [-0.1, -0.05) is 13.0 Å². The summed E-state index contributed by atoms with van der Waals surface area (Å²) < 4.78 is 0. The van der Waals surface area contributed by atoms with Crippen molar-refractivity contribution in [3.8, 4) is 0 Å². The first-order valence-corrected chi connectivity index (χ1v) is 7.35. The van der Waals surface area contributed by atoms with Crippen molar-refractivity contribution in [1.29, 1.82) is 0 Å². The Morgan fingerprint density at radius 2 is 2.00 bits per heavy atom. The highest BCUT2D eigenvalue weighted by molar-refractivity contribution is 5.40. The molecular weight excluding hydrogens is 236 g/mol. The van der Waals surface area contributed by atoms with Crippen LogP contribution in [0, 0.1) is 0 Å². The zero-order valence-electron chi connectivity index (χ0n) is 12.4. The number of piperazine rings is 1. The van der Waals surface area contributed by atoms with Crippen LogP contribution in [-0.4, -0.2) is 49.7 Å². The number of hydrogen-bond acceptors (Lipinski definition) is 4. The van der Waals surface area contributed by atoms with E-state index < -0.39 is 0 Å². The fraction of sp³-hybridized carbons (Fsp3) is 0.667. The maximum absolute atomic E-state index is 4.61. The number of nitrogens with one attached hydrogen (secondary N) is 1. The maximum atomic E-state index is 4.61. The Morgan fingerprint density at radius 1 is 1.26 bits per heavy atom. The molecule has 1 aliphatic heterocycles. The van der Waals surface area contributed by atoms with Gasteiger partial charge in [0.1, 0.15) is 5.82 Å². The van der Waals surface area contributed by atoms with Gasteiger partial charge in [-0.25, -0.2) is 4.98 Å². The summed E-state index contributed by atoms with van der Waals surface area (Å²) in [6.45, 7) is 10.1. The van der Waals surface area contributed by atoms with Crippen molar-refractivity contribution >= 4 is 5.82 Å². The van der Waals surface area contributed by atoms with Crippen molar-refractivity contribution in [3.05, 3.63) is 23.9 Å². The Morgan fingerprint density at radius 3 is 2.53 bits per heavy atom. The molecule has 1 unspecified atom stereocenters. The second-order valence-corrected chi connectivity index (χ2v) is 5.29. The molecule has 0 radical (unpaired) electrons. The summed E-state index contributed by atoms with van der Waals surface area (Å²) >= 11 is 0. The first-order valence-electron chi connectivity index (χ1n) is 7.35. The molecule has 0 aliphatic carbocycles. The number of hydrogen-bond donors (Lipinski definition) is 1. The molecule has 106 valence electrons. The lowest BCUT2D eigenvalue weighted by molar-refractivity contribution is 0.258. The minimum Gasteiger partial charge on any atom is -0.354 e. The average molecular weight is 262 g/mol. The minimum absolute atomic E-state index is 0.364. The van der Waals surface area contributed by atoms with Crippen LogP contribution < -0.4 is 10.2 Å². The molecule has 1 saturated heterocycles. The summed E-state index contributed by atoms with van der Waals surface area (Å²) in [5, 5.41) is 3.24. The molecule has 0 bridgehead atoms. The fourth-order valence-corrected chi connectivity index (χ4v) is 2.52. The lowest BCUT2D eigenvalue weighted by atomic mass is 10.1. The van der Waals surface area contributed by atoms with E-state index in [1.54, 1.807) is 0 Å². The highest BCUT2D eigenvalue weighted by Gasteiger charge is 2.17. The quantitative estimate of drug-likeness (QED) is 0.878. The molecule has 1 atom stereocenters. The third kappa shape index (κ3) is 3.67. The van der Waals surface area contributed by atoms with Gasteiger partial charge in [0.15, 0.2) is 0 Å². The molecule has 2 rings (SSSR count). The van der Waals surface area contributed by atoms with Gasteiger partial charge < -0.3 is 10.2 Å². The first kappa shape index (κ1) is 14.3. The zero-order valence-corrected chi connectivity index (χ0v) is 12.4. The Bertz CT molecular complexity index is 368. The monoisotopic (exact) mass is 262 g/mol. The fourth-order valence-electron chi connectivity index (χ4n) is 2.52. The molecule has 0 aromatic carbocycles. The van der Waals surface area contributed by atoms with Crippen molar-refractivity contribution in [2.45, 2.75) is 26.3 Å². The van der Waals surface area contributed by atoms with Gasteiger partial charge in [-0.05, 0) is 38.6 Å². The number of nitrogens with zero attached hydrogens (tertiary/aromatic N) is 3. The second-order valence-electron chi connectivity index (χ2n) is 5.29. The minimum atomic E-state index is 0.364. The van der Waals surface area contributed by atoms with Crippen molar-refractivity contribution in [2.24, 2.45) is 0 Å². The van der Waals surface area contributed by atoms with Crippen LogP contribution in [0.3, 0.4) is 0 Å². The number of rotatable bonds is 5. The number of aromatic nitrogens is 1. The number of anilines is 1. The molecule has 1 fully saturated rings. The summed E-state index contributed by atoms with van der Waals surface area (Å²) in [5.74, 6) is 1.11. The molecule has 1 aromatic heterocycles. The predicted molar refractivity (Wildman–Crippen MR) is 80.7 cm³/mol. The van der Waals surface area contributed by atoms with Crippen molar-refractivity contribution in [2.75, 3.05) is 44.7 Å². The molecule has 1 aliphatic rings. The topological polar surface area (TPSA) is 31.4 Å². The summed E-state index contributed by atoms with van der Waals surface area (Å²) in [5.41, 5.74) is 1.25. The molecule has 4 heteroatoms. The summed E-state index contributed by atoms with van der Waals surface area (Å²) in [4.78, 5) is 9.53. The van der Waals surface area contributed by atoms with Crippen LogP contribution in [-0.2, 0) is 0 Å². The van der Waals surface area contributed by atoms with Gasteiger partial charge in [0.05, 0.1) is 0 Å². The predicted octanol–water partition coefficient (Wildman–Crippen LogP) is 1.89. The van der Waals surface area contributed by atoms with Crippen LogP contribution in [0.5, 0.6) is 0 Å². The zero-order chi connectivity index (χ0) is 13.7. The Labute approximate surface area is 116 Å². The summed E-state index contributed by atoms with van der Waals surface area (Å²) in [6, 6.07) is 4.70. The molecule has 1 N–H and O–H groups in total. The number of pyridine rings is 1. The third-order valence-electron chi connectivity index (χ3n) is 3.94. The third-order valence-corrected chi connectivity index (χ3v) is 3.94. The molecule has 1 aromatic rings. The molecular formula is C15H26N4. The van der Waals surface area contributed by atoms with E-state index in [9.17, 15) is 0 Å². The Kier molecular flexibility index (Phi) is 5.16. The van der Waals surface area contributed by atoms with E-state index in [1.807, 2.05) is 13.2 Å². The van der Waals surface area contributed by atoms with Gasteiger partial charge in [0, 0.05) is 38.4 Å². The largest absolute Gasteiger partial charge is 0.354 e. The standard InChI is InChI=1S/C15H26N4/c1-4-7-18-8-10-19(11-9-18)15-6-5-14(12-17-15)13(2)16-3/h5-6,12-13,16H,4,7-11H2,1-3H3. The Balaban J connectivity index is 1.92. The summed E-state index contributed by atoms with van der Waals surface area (Å²) in [7, 11) is 1.98.